The van der Waals surface area contributed by atoms with Gasteiger partial charge in [-0.25, -0.2) is 4.98 Å². The minimum Gasteiger partial charge on any atom is -0.325 e. The molecule has 0 bridgehead atoms. The Kier molecular flexibility index (Phi) is 4.10. The quantitative estimate of drug-likeness (QED) is 0.674. The molecule has 0 atom stereocenters. The number of nitrogens with zero attached hydrogens (tertiary/aromatic N) is 2. The molecule has 1 aliphatic rings. The van der Waals surface area contributed by atoms with Gasteiger partial charge in [-0.3, -0.25) is 0 Å². The summed E-state index contributed by atoms with van der Waals surface area (Å²) in [5, 5.41) is 0. The molecule has 0 saturated heterocycles. The Balaban J connectivity index is 1.99. The molecule has 1 fully saturated rings. The third-order valence-electron chi connectivity index (χ3n) is 2.91. The van der Waals surface area contributed by atoms with Crippen molar-refractivity contribution in [1.82, 2.24) is 9.55 Å². The van der Waals surface area contributed by atoms with Gasteiger partial charge in [0.15, 0.2) is 0 Å². The van der Waals surface area contributed by atoms with E-state index in [1.165, 1.54) is 42.3 Å². The molecule has 0 aliphatic heterocycles. The summed E-state index contributed by atoms with van der Waals surface area (Å²) in [6.45, 7) is 1.17. The number of hydrogen-bond acceptors (Lipinski definition) is 1. The SMILES string of the molecule is Ic1ncn(CC2CCCCC2)c1I. The average molecular weight is 416 g/mol. The van der Waals surface area contributed by atoms with Crippen molar-refractivity contribution in [2.24, 2.45) is 5.92 Å². The predicted octanol–water partition coefficient (Wildman–Crippen LogP) is 3.67. The fourth-order valence-electron chi connectivity index (χ4n) is 2.12. The molecule has 0 aromatic carbocycles. The van der Waals surface area contributed by atoms with Crippen molar-refractivity contribution >= 4 is 45.2 Å². The maximum absolute atomic E-state index is 4.32. The standard InChI is InChI=1S/C10H14I2N2/c11-9-10(12)14(7-13-9)6-8-4-2-1-3-5-8/h7-8H,1-6H2. The van der Waals surface area contributed by atoms with E-state index in [-0.39, 0.29) is 0 Å². The van der Waals surface area contributed by atoms with Crippen LogP contribution in [0.2, 0.25) is 0 Å². The normalized spacial score (nSPS) is 18.7. The molecule has 14 heavy (non-hydrogen) atoms. The van der Waals surface area contributed by atoms with Crippen molar-refractivity contribution in [3.63, 3.8) is 0 Å². The lowest BCUT2D eigenvalue weighted by Gasteiger charge is -2.22. The summed E-state index contributed by atoms with van der Waals surface area (Å²) in [5.41, 5.74) is 0. The van der Waals surface area contributed by atoms with Crippen LogP contribution in [-0.4, -0.2) is 9.55 Å². The minimum absolute atomic E-state index is 0.891. The number of aromatic nitrogens is 2. The molecule has 1 saturated carbocycles. The number of hydrogen-bond donors (Lipinski definition) is 0. The van der Waals surface area contributed by atoms with Crippen LogP contribution in [0.1, 0.15) is 32.1 Å². The summed E-state index contributed by atoms with van der Waals surface area (Å²) < 4.78 is 4.74. The molecular weight excluding hydrogens is 402 g/mol. The van der Waals surface area contributed by atoms with Crippen LogP contribution in [0.25, 0.3) is 0 Å². The highest BCUT2D eigenvalue weighted by molar-refractivity contribution is 14.1. The lowest BCUT2D eigenvalue weighted by molar-refractivity contribution is 0.317. The summed E-state index contributed by atoms with van der Waals surface area (Å²) in [6.07, 6.45) is 9.09. The van der Waals surface area contributed by atoms with Gasteiger partial charge in [-0.2, -0.15) is 0 Å². The zero-order chi connectivity index (χ0) is 9.97. The van der Waals surface area contributed by atoms with Crippen molar-refractivity contribution in [2.75, 3.05) is 0 Å². The molecule has 0 radical (unpaired) electrons. The van der Waals surface area contributed by atoms with E-state index in [2.05, 4.69) is 54.7 Å². The van der Waals surface area contributed by atoms with E-state index in [0.717, 1.165) is 9.62 Å². The van der Waals surface area contributed by atoms with Gasteiger partial charge in [0.25, 0.3) is 0 Å². The van der Waals surface area contributed by atoms with Crippen LogP contribution >= 0.6 is 45.2 Å². The van der Waals surface area contributed by atoms with E-state index >= 15 is 0 Å². The maximum Gasteiger partial charge on any atom is 0.132 e. The van der Waals surface area contributed by atoms with Gasteiger partial charge >= 0.3 is 0 Å². The predicted molar refractivity (Wildman–Crippen MR) is 74.2 cm³/mol. The van der Waals surface area contributed by atoms with Crippen molar-refractivity contribution in [1.29, 1.82) is 0 Å². The van der Waals surface area contributed by atoms with E-state index in [9.17, 15) is 0 Å². The van der Waals surface area contributed by atoms with E-state index in [1.54, 1.807) is 0 Å². The van der Waals surface area contributed by atoms with Crippen LogP contribution in [0.15, 0.2) is 6.33 Å². The first-order valence-electron chi connectivity index (χ1n) is 5.13. The van der Waals surface area contributed by atoms with Crippen LogP contribution in [0.4, 0.5) is 0 Å². The molecule has 1 aliphatic carbocycles. The van der Waals surface area contributed by atoms with Gasteiger partial charge in [-0.05, 0) is 63.9 Å². The molecule has 2 rings (SSSR count). The third kappa shape index (κ3) is 2.62. The zero-order valence-corrected chi connectivity index (χ0v) is 12.4. The summed E-state index contributed by atoms with van der Waals surface area (Å²) in [7, 11) is 0. The second-order valence-electron chi connectivity index (χ2n) is 3.98. The minimum atomic E-state index is 0.891. The lowest BCUT2D eigenvalue weighted by Crippen LogP contribution is -2.14. The van der Waals surface area contributed by atoms with Crippen LogP contribution in [-0.2, 0) is 6.54 Å². The first-order chi connectivity index (χ1) is 6.77. The largest absolute Gasteiger partial charge is 0.325 e. The average Bonchev–Trinajstić information content (AvgIpc) is 2.52. The van der Waals surface area contributed by atoms with Crippen LogP contribution in [0.3, 0.4) is 0 Å². The Hall–Kier alpha value is 0.670. The molecule has 0 amide bonds. The van der Waals surface area contributed by atoms with Gasteiger partial charge in [-0.1, -0.05) is 19.3 Å². The van der Waals surface area contributed by atoms with Crippen LogP contribution in [0.5, 0.6) is 0 Å². The summed E-state index contributed by atoms with van der Waals surface area (Å²) in [4.78, 5) is 4.32. The van der Waals surface area contributed by atoms with Crippen molar-refractivity contribution < 1.29 is 0 Å². The van der Waals surface area contributed by atoms with Gasteiger partial charge in [0, 0.05) is 6.54 Å². The van der Waals surface area contributed by atoms with E-state index in [4.69, 9.17) is 0 Å². The molecule has 4 heteroatoms. The summed E-state index contributed by atoms with van der Waals surface area (Å²) in [5.74, 6) is 0.891. The highest BCUT2D eigenvalue weighted by atomic mass is 127. The molecule has 0 unspecified atom stereocenters. The molecule has 0 spiro atoms. The number of imidazole rings is 1. The fourth-order valence-corrected chi connectivity index (χ4v) is 3.01. The number of rotatable bonds is 2. The zero-order valence-electron chi connectivity index (χ0n) is 8.05. The second kappa shape index (κ2) is 5.14. The smallest absolute Gasteiger partial charge is 0.132 e. The molecule has 78 valence electrons. The van der Waals surface area contributed by atoms with Gasteiger partial charge < -0.3 is 4.57 Å². The van der Waals surface area contributed by atoms with Crippen LogP contribution in [0, 0.1) is 13.3 Å². The highest BCUT2D eigenvalue weighted by Gasteiger charge is 2.15. The molecule has 0 N–H and O–H groups in total. The van der Waals surface area contributed by atoms with Gasteiger partial charge in [0.05, 0.1) is 6.33 Å². The Morgan fingerprint density at radius 3 is 2.57 bits per heavy atom. The Morgan fingerprint density at radius 1 is 1.29 bits per heavy atom. The second-order valence-corrected chi connectivity index (χ2v) is 6.03. The van der Waals surface area contributed by atoms with E-state index < -0.39 is 0 Å². The number of halogens is 2. The van der Waals surface area contributed by atoms with Crippen LogP contribution < -0.4 is 0 Å². The maximum atomic E-state index is 4.32. The molecule has 1 aromatic heterocycles. The van der Waals surface area contributed by atoms with Crippen molar-refractivity contribution in [3.8, 4) is 0 Å². The van der Waals surface area contributed by atoms with Crippen molar-refractivity contribution in [2.45, 2.75) is 38.6 Å². The van der Waals surface area contributed by atoms with Gasteiger partial charge in [0.2, 0.25) is 0 Å². The monoisotopic (exact) mass is 416 g/mol. The van der Waals surface area contributed by atoms with Gasteiger partial charge in [0.1, 0.15) is 7.40 Å². The fraction of sp³-hybridized carbons (Fsp3) is 0.700. The Labute approximate surface area is 112 Å². The Morgan fingerprint density at radius 2 is 2.00 bits per heavy atom. The first-order valence-corrected chi connectivity index (χ1v) is 7.29. The van der Waals surface area contributed by atoms with Gasteiger partial charge in [-0.15, -0.1) is 0 Å². The topological polar surface area (TPSA) is 17.8 Å². The highest BCUT2D eigenvalue weighted by Crippen LogP contribution is 2.26. The van der Waals surface area contributed by atoms with E-state index in [0.29, 0.717) is 0 Å². The molecular formula is C10H14I2N2. The molecule has 1 aromatic rings. The lowest BCUT2D eigenvalue weighted by atomic mass is 9.89. The molecule has 2 nitrogen and oxygen atoms in total. The summed E-state index contributed by atoms with van der Waals surface area (Å²) in [6, 6.07) is 0. The third-order valence-corrected chi connectivity index (χ3v) is 5.86. The Bertz CT molecular complexity index is 303. The first kappa shape index (κ1) is 11.2. The summed E-state index contributed by atoms with van der Waals surface area (Å²) >= 11 is 4.69. The molecule has 1 heterocycles. The van der Waals surface area contributed by atoms with E-state index in [1.807, 2.05) is 6.33 Å². The van der Waals surface area contributed by atoms with Crippen molar-refractivity contribution in [3.05, 3.63) is 13.7 Å².